The van der Waals surface area contributed by atoms with Crippen molar-refractivity contribution in [3.05, 3.63) is 0 Å². The number of nitrogens with zero attached hydrogens (tertiary/aromatic N) is 4. The minimum Gasteiger partial charge on any atom is -0.353 e. The minimum absolute atomic E-state index is 0.00894. The average molecular weight is 285 g/mol. The third-order valence-corrected chi connectivity index (χ3v) is 3.72. The molecule has 0 fully saturated rings. The molecule has 0 radical (unpaired) electrons. The van der Waals surface area contributed by atoms with E-state index in [1.165, 1.54) is 11.8 Å². The summed E-state index contributed by atoms with van der Waals surface area (Å²) in [4.78, 5) is 11.8. The van der Waals surface area contributed by atoms with Crippen LogP contribution in [0.1, 0.15) is 41.5 Å². The van der Waals surface area contributed by atoms with Gasteiger partial charge in [0.2, 0.25) is 11.1 Å². The van der Waals surface area contributed by atoms with Crippen molar-refractivity contribution in [2.75, 3.05) is 5.75 Å². The number of carbonyl (C=O) groups is 1. The SMILES string of the molecule is CC(C)[C@@H](C)NC(=O)CSc1nnnn1C(C)(C)C. The second kappa shape index (κ2) is 6.36. The highest BCUT2D eigenvalue weighted by molar-refractivity contribution is 7.99. The molecule has 0 aromatic carbocycles. The Morgan fingerprint density at radius 3 is 2.53 bits per heavy atom. The predicted octanol–water partition coefficient (Wildman–Crippen LogP) is 1.68. The topological polar surface area (TPSA) is 72.7 Å². The van der Waals surface area contributed by atoms with E-state index in [9.17, 15) is 4.79 Å². The first-order chi connectivity index (χ1) is 8.71. The molecule has 0 spiro atoms. The predicted molar refractivity (Wildman–Crippen MR) is 76.0 cm³/mol. The lowest BCUT2D eigenvalue weighted by molar-refractivity contribution is -0.119. The Morgan fingerprint density at radius 2 is 2.00 bits per heavy atom. The highest BCUT2D eigenvalue weighted by Crippen LogP contribution is 2.21. The number of hydrogen-bond donors (Lipinski definition) is 1. The fourth-order valence-electron chi connectivity index (χ4n) is 1.28. The molecule has 1 rings (SSSR count). The van der Waals surface area contributed by atoms with E-state index in [1.54, 1.807) is 4.68 Å². The molecule has 1 aromatic heterocycles. The normalized spacial score (nSPS) is 13.6. The van der Waals surface area contributed by atoms with E-state index in [0.717, 1.165) is 0 Å². The van der Waals surface area contributed by atoms with Crippen molar-refractivity contribution in [3.63, 3.8) is 0 Å². The molecule has 0 aliphatic heterocycles. The Morgan fingerprint density at radius 1 is 1.37 bits per heavy atom. The fraction of sp³-hybridized carbons (Fsp3) is 0.833. The van der Waals surface area contributed by atoms with Crippen LogP contribution in [0.2, 0.25) is 0 Å². The summed E-state index contributed by atoms with van der Waals surface area (Å²) in [6.07, 6.45) is 0. The zero-order valence-corrected chi connectivity index (χ0v) is 13.3. The summed E-state index contributed by atoms with van der Waals surface area (Å²) >= 11 is 1.36. The lowest BCUT2D eigenvalue weighted by Crippen LogP contribution is -2.37. The summed E-state index contributed by atoms with van der Waals surface area (Å²) < 4.78 is 1.73. The van der Waals surface area contributed by atoms with Crippen molar-refractivity contribution < 1.29 is 4.79 Å². The van der Waals surface area contributed by atoms with Gasteiger partial charge in [-0.05, 0) is 44.0 Å². The van der Waals surface area contributed by atoms with E-state index in [4.69, 9.17) is 0 Å². The third kappa shape index (κ3) is 4.81. The van der Waals surface area contributed by atoms with E-state index in [-0.39, 0.29) is 17.5 Å². The van der Waals surface area contributed by atoms with Crippen molar-refractivity contribution in [3.8, 4) is 0 Å². The number of tetrazole rings is 1. The summed E-state index contributed by atoms with van der Waals surface area (Å²) in [6, 6.07) is 0.173. The van der Waals surface area contributed by atoms with Crippen LogP contribution in [0.4, 0.5) is 0 Å². The number of rotatable bonds is 5. The van der Waals surface area contributed by atoms with E-state index in [1.807, 2.05) is 27.7 Å². The van der Waals surface area contributed by atoms with Crippen LogP contribution in [0.15, 0.2) is 5.16 Å². The first kappa shape index (κ1) is 15.9. The lowest BCUT2D eigenvalue weighted by Gasteiger charge is -2.20. The maximum atomic E-state index is 11.8. The summed E-state index contributed by atoms with van der Waals surface area (Å²) in [5, 5.41) is 15.2. The molecule has 0 bridgehead atoms. The molecular weight excluding hydrogens is 262 g/mol. The van der Waals surface area contributed by atoms with E-state index >= 15 is 0 Å². The summed E-state index contributed by atoms with van der Waals surface area (Å²) in [6.45, 7) is 12.2. The molecule has 7 heteroatoms. The molecule has 108 valence electrons. The van der Waals surface area contributed by atoms with Crippen LogP contribution in [-0.2, 0) is 10.3 Å². The van der Waals surface area contributed by atoms with Crippen LogP contribution >= 0.6 is 11.8 Å². The molecule has 1 atom stereocenters. The molecule has 0 saturated heterocycles. The van der Waals surface area contributed by atoms with Gasteiger partial charge in [-0.25, -0.2) is 4.68 Å². The second-order valence-corrected chi connectivity index (χ2v) is 6.88. The molecule has 0 aliphatic carbocycles. The number of aromatic nitrogens is 4. The van der Waals surface area contributed by atoms with Gasteiger partial charge in [-0.3, -0.25) is 4.79 Å². The van der Waals surface area contributed by atoms with Gasteiger partial charge in [-0.15, -0.1) is 5.10 Å². The lowest BCUT2D eigenvalue weighted by atomic mass is 10.1. The minimum atomic E-state index is -0.187. The van der Waals surface area contributed by atoms with Crippen molar-refractivity contribution in [2.45, 2.75) is 58.3 Å². The zero-order chi connectivity index (χ0) is 14.6. The fourth-order valence-corrected chi connectivity index (χ4v) is 2.15. The van der Waals surface area contributed by atoms with Crippen LogP contribution in [0.25, 0.3) is 0 Å². The Kier molecular flexibility index (Phi) is 5.34. The summed E-state index contributed by atoms with van der Waals surface area (Å²) in [5.74, 6) is 0.761. The van der Waals surface area contributed by atoms with E-state index in [0.29, 0.717) is 16.8 Å². The van der Waals surface area contributed by atoms with E-state index < -0.39 is 0 Å². The maximum absolute atomic E-state index is 11.8. The van der Waals surface area contributed by atoms with Crippen molar-refractivity contribution in [1.29, 1.82) is 0 Å². The van der Waals surface area contributed by atoms with Crippen LogP contribution in [0, 0.1) is 5.92 Å². The number of thioether (sulfide) groups is 1. The van der Waals surface area contributed by atoms with Gasteiger partial charge in [-0.1, -0.05) is 25.6 Å². The number of nitrogens with one attached hydrogen (secondary N) is 1. The Labute approximate surface area is 118 Å². The molecule has 0 unspecified atom stereocenters. The first-order valence-electron chi connectivity index (χ1n) is 6.43. The number of amides is 1. The summed E-state index contributed by atoms with van der Waals surface area (Å²) in [7, 11) is 0. The van der Waals surface area contributed by atoms with Crippen LogP contribution in [-0.4, -0.2) is 37.9 Å². The highest BCUT2D eigenvalue weighted by atomic mass is 32.2. The molecule has 19 heavy (non-hydrogen) atoms. The molecule has 6 nitrogen and oxygen atoms in total. The van der Waals surface area contributed by atoms with Crippen LogP contribution < -0.4 is 5.32 Å². The van der Waals surface area contributed by atoms with Gasteiger partial charge in [0, 0.05) is 6.04 Å². The van der Waals surface area contributed by atoms with E-state index in [2.05, 4.69) is 34.7 Å². The number of carbonyl (C=O) groups excluding carboxylic acids is 1. The molecule has 1 aromatic rings. The first-order valence-corrected chi connectivity index (χ1v) is 7.41. The Hall–Kier alpha value is -1.11. The van der Waals surface area contributed by atoms with Gasteiger partial charge in [0.25, 0.3) is 0 Å². The van der Waals surface area contributed by atoms with Gasteiger partial charge in [0.1, 0.15) is 0 Å². The molecule has 1 N–H and O–H groups in total. The molecule has 0 aliphatic rings. The Bertz CT molecular complexity index is 424. The standard InChI is InChI=1S/C12H23N5OS/c1-8(2)9(3)13-10(18)7-19-11-14-15-16-17(11)12(4,5)6/h8-9H,7H2,1-6H3,(H,13,18)/t9-/m1/s1. The van der Waals surface area contributed by atoms with Gasteiger partial charge in [0.15, 0.2) is 0 Å². The van der Waals surface area contributed by atoms with Crippen molar-refractivity contribution in [2.24, 2.45) is 5.92 Å². The zero-order valence-electron chi connectivity index (χ0n) is 12.5. The molecule has 1 amide bonds. The second-order valence-electron chi connectivity index (χ2n) is 5.93. The Balaban J connectivity index is 2.54. The van der Waals surface area contributed by atoms with Crippen molar-refractivity contribution >= 4 is 17.7 Å². The van der Waals surface area contributed by atoms with Crippen molar-refractivity contribution in [1.82, 2.24) is 25.5 Å². The smallest absolute Gasteiger partial charge is 0.230 e. The third-order valence-electron chi connectivity index (χ3n) is 2.80. The van der Waals surface area contributed by atoms with Crippen LogP contribution in [0.3, 0.4) is 0 Å². The average Bonchev–Trinajstić information content (AvgIpc) is 2.73. The summed E-state index contributed by atoms with van der Waals surface area (Å²) in [5.41, 5.74) is -0.187. The van der Waals surface area contributed by atoms with Crippen LogP contribution in [0.5, 0.6) is 0 Å². The molecule has 1 heterocycles. The van der Waals surface area contributed by atoms with Gasteiger partial charge < -0.3 is 5.32 Å². The molecular formula is C12H23N5OS. The van der Waals surface area contributed by atoms with Gasteiger partial charge in [-0.2, -0.15) is 0 Å². The monoisotopic (exact) mass is 285 g/mol. The quantitative estimate of drug-likeness (QED) is 0.833. The van der Waals surface area contributed by atoms with Gasteiger partial charge >= 0.3 is 0 Å². The molecule has 0 saturated carbocycles. The number of hydrogen-bond acceptors (Lipinski definition) is 5. The largest absolute Gasteiger partial charge is 0.353 e. The highest BCUT2D eigenvalue weighted by Gasteiger charge is 2.21. The van der Waals surface area contributed by atoms with Gasteiger partial charge in [0.05, 0.1) is 11.3 Å². The maximum Gasteiger partial charge on any atom is 0.230 e.